The molecule has 0 aliphatic carbocycles. The summed E-state index contributed by atoms with van der Waals surface area (Å²) < 4.78 is 10.5. The van der Waals surface area contributed by atoms with E-state index in [0.29, 0.717) is 32.9 Å². The lowest BCUT2D eigenvalue weighted by atomic mass is 10.2. The third kappa shape index (κ3) is 3.89. The Balaban J connectivity index is 1.83. The summed E-state index contributed by atoms with van der Waals surface area (Å²) in [5, 5.41) is 0. The summed E-state index contributed by atoms with van der Waals surface area (Å²) in [4.78, 5) is 13.5. The van der Waals surface area contributed by atoms with E-state index in [9.17, 15) is 4.79 Å². The fraction of sp³-hybridized carbons (Fsp3) is 0.357. The van der Waals surface area contributed by atoms with Crippen molar-refractivity contribution in [3.8, 4) is 0 Å². The van der Waals surface area contributed by atoms with E-state index in [0.717, 1.165) is 5.56 Å². The zero-order valence-corrected chi connectivity index (χ0v) is 10.2. The SMILES string of the molecule is O=C(OCc1ccccc1)N1C/C=C\COCC1. The molecule has 1 aromatic carbocycles. The van der Waals surface area contributed by atoms with Crippen LogP contribution in [0.4, 0.5) is 4.79 Å². The van der Waals surface area contributed by atoms with E-state index in [2.05, 4.69) is 0 Å². The summed E-state index contributed by atoms with van der Waals surface area (Å²) in [7, 11) is 0. The topological polar surface area (TPSA) is 38.8 Å². The van der Waals surface area contributed by atoms with Gasteiger partial charge in [-0.15, -0.1) is 0 Å². The predicted octanol–water partition coefficient (Wildman–Crippen LogP) is 2.21. The van der Waals surface area contributed by atoms with Crippen LogP contribution in [0.5, 0.6) is 0 Å². The van der Waals surface area contributed by atoms with Crippen LogP contribution in [0.1, 0.15) is 5.56 Å². The molecule has 0 unspecified atom stereocenters. The minimum Gasteiger partial charge on any atom is -0.445 e. The summed E-state index contributed by atoms with van der Waals surface area (Å²) in [5.74, 6) is 0. The Kier molecular flexibility index (Phi) is 4.78. The van der Waals surface area contributed by atoms with Crippen LogP contribution in [0.3, 0.4) is 0 Å². The molecule has 18 heavy (non-hydrogen) atoms. The largest absolute Gasteiger partial charge is 0.445 e. The second-order valence-electron chi connectivity index (χ2n) is 4.03. The number of hydrogen-bond donors (Lipinski definition) is 0. The molecule has 0 saturated carbocycles. The molecule has 0 aromatic heterocycles. The highest BCUT2D eigenvalue weighted by atomic mass is 16.6. The zero-order chi connectivity index (χ0) is 12.6. The molecule has 0 radical (unpaired) electrons. The fourth-order valence-electron chi connectivity index (χ4n) is 1.66. The molecular formula is C14H17NO3. The van der Waals surface area contributed by atoms with Crippen molar-refractivity contribution in [1.82, 2.24) is 4.90 Å². The van der Waals surface area contributed by atoms with Crippen molar-refractivity contribution >= 4 is 6.09 Å². The van der Waals surface area contributed by atoms with Gasteiger partial charge in [-0.3, -0.25) is 0 Å². The Labute approximate surface area is 107 Å². The number of benzene rings is 1. The maximum Gasteiger partial charge on any atom is 0.410 e. The van der Waals surface area contributed by atoms with Crippen molar-refractivity contribution in [2.24, 2.45) is 0 Å². The lowest BCUT2D eigenvalue weighted by Crippen LogP contribution is -2.35. The Bertz CT molecular complexity index is 403. The van der Waals surface area contributed by atoms with Crippen molar-refractivity contribution in [3.05, 3.63) is 48.0 Å². The maximum atomic E-state index is 11.9. The minimum absolute atomic E-state index is 0.297. The van der Waals surface area contributed by atoms with Crippen LogP contribution < -0.4 is 0 Å². The highest BCUT2D eigenvalue weighted by molar-refractivity contribution is 5.67. The van der Waals surface area contributed by atoms with E-state index in [-0.39, 0.29) is 6.09 Å². The first-order chi connectivity index (χ1) is 8.86. The van der Waals surface area contributed by atoms with E-state index in [1.807, 2.05) is 42.5 Å². The van der Waals surface area contributed by atoms with Crippen molar-refractivity contribution in [3.63, 3.8) is 0 Å². The van der Waals surface area contributed by atoms with Crippen molar-refractivity contribution < 1.29 is 14.3 Å². The van der Waals surface area contributed by atoms with Crippen LogP contribution in [0, 0.1) is 0 Å². The van der Waals surface area contributed by atoms with Gasteiger partial charge in [0.05, 0.1) is 13.2 Å². The van der Waals surface area contributed by atoms with E-state index < -0.39 is 0 Å². The zero-order valence-electron chi connectivity index (χ0n) is 10.2. The van der Waals surface area contributed by atoms with Crippen LogP contribution in [0.15, 0.2) is 42.5 Å². The van der Waals surface area contributed by atoms with Gasteiger partial charge in [0.25, 0.3) is 0 Å². The standard InChI is InChI=1S/C14H17NO3/c16-14(15-8-4-5-10-17-11-9-15)18-12-13-6-2-1-3-7-13/h1-7H,8-12H2/b5-4-. The van der Waals surface area contributed by atoms with Crippen LogP contribution >= 0.6 is 0 Å². The number of amides is 1. The van der Waals surface area contributed by atoms with Crippen molar-refractivity contribution in [2.45, 2.75) is 6.61 Å². The van der Waals surface area contributed by atoms with Gasteiger partial charge in [0.2, 0.25) is 0 Å². The second-order valence-corrected chi connectivity index (χ2v) is 4.03. The lowest BCUT2D eigenvalue weighted by molar-refractivity contribution is 0.0787. The molecule has 1 heterocycles. The van der Waals surface area contributed by atoms with Crippen molar-refractivity contribution in [1.29, 1.82) is 0 Å². The minimum atomic E-state index is -0.297. The molecule has 0 atom stereocenters. The average molecular weight is 247 g/mol. The Morgan fingerprint density at radius 2 is 2.11 bits per heavy atom. The molecule has 1 aromatic rings. The third-order valence-electron chi connectivity index (χ3n) is 2.68. The van der Waals surface area contributed by atoms with Crippen LogP contribution in [-0.2, 0) is 16.1 Å². The van der Waals surface area contributed by atoms with Gasteiger partial charge in [-0.25, -0.2) is 4.79 Å². The van der Waals surface area contributed by atoms with Gasteiger partial charge in [-0.2, -0.15) is 0 Å². The molecule has 0 fully saturated rings. The Hall–Kier alpha value is -1.81. The maximum absolute atomic E-state index is 11.9. The number of carbonyl (C=O) groups is 1. The van der Waals surface area contributed by atoms with E-state index in [1.54, 1.807) is 4.90 Å². The first kappa shape index (κ1) is 12.6. The summed E-state index contributed by atoms with van der Waals surface area (Å²) >= 11 is 0. The van der Waals surface area contributed by atoms with Gasteiger partial charge in [-0.1, -0.05) is 42.5 Å². The first-order valence-corrected chi connectivity index (χ1v) is 6.04. The lowest BCUT2D eigenvalue weighted by Gasteiger charge is -2.21. The Morgan fingerprint density at radius 3 is 2.94 bits per heavy atom. The Morgan fingerprint density at radius 1 is 1.28 bits per heavy atom. The van der Waals surface area contributed by atoms with Crippen LogP contribution in [0.25, 0.3) is 0 Å². The number of nitrogens with zero attached hydrogens (tertiary/aromatic N) is 1. The predicted molar refractivity (Wildman–Crippen MR) is 68.2 cm³/mol. The molecule has 4 heteroatoms. The quantitative estimate of drug-likeness (QED) is 0.752. The van der Waals surface area contributed by atoms with Gasteiger partial charge >= 0.3 is 6.09 Å². The van der Waals surface area contributed by atoms with Gasteiger partial charge in [0.15, 0.2) is 0 Å². The monoisotopic (exact) mass is 247 g/mol. The first-order valence-electron chi connectivity index (χ1n) is 6.04. The van der Waals surface area contributed by atoms with Gasteiger partial charge in [0.1, 0.15) is 6.61 Å². The molecule has 1 aliphatic rings. The van der Waals surface area contributed by atoms with Gasteiger partial charge in [-0.05, 0) is 5.56 Å². The summed E-state index contributed by atoms with van der Waals surface area (Å²) in [5.41, 5.74) is 0.990. The normalized spacial score (nSPS) is 17.7. The smallest absolute Gasteiger partial charge is 0.410 e. The molecule has 96 valence electrons. The molecule has 0 N–H and O–H groups in total. The van der Waals surface area contributed by atoms with Gasteiger partial charge < -0.3 is 14.4 Å². The highest BCUT2D eigenvalue weighted by Crippen LogP contribution is 2.04. The molecule has 1 aliphatic heterocycles. The molecule has 4 nitrogen and oxygen atoms in total. The summed E-state index contributed by atoms with van der Waals surface area (Å²) in [6.07, 6.45) is 3.54. The number of hydrogen-bond acceptors (Lipinski definition) is 3. The second kappa shape index (κ2) is 6.81. The molecule has 0 saturated heterocycles. The molecule has 2 rings (SSSR count). The van der Waals surface area contributed by atoms with Gasteiger partial charge in [0, 0.05) is 13.1 Å². The molecular weight excluding hydrogens is 230 g/mol. The molecule has 1 amide bonds. The third-order valence-corrected chi connectivity index (χ3v) is 2.68. The van der Waals surface area contributed by atoms with Crippen LogP contribution in [-0.4, -0.2) is 37.3 Å². The van der Waals surface area contributed by atoms with E-state index >= 15 is 0 Å². The summed E-state index contributed by atoms with van der Waals surface area (Å²) in [6, 6.07) is 9.66. The number of carbonyl (C=O) groups excluding carboxylic acids is 1. The van der Waals surface area contributed by atoms with E-state index in [4.69, 9.17) is 9.47 Å². The fourth-order valence-corrected chi connectivity index (χ4v) is 1.66. The molecule has 0 bridgehead atoms. The highest BCUT2D eigenvalue weighted by Gasteiger charge is 2.14. The summed E-state index contributed by atoms with van der Waals surface area (Å²) in [6.45, 7) is 2.62. The average Bonchev–Trinajstić information content (AvgIpc) is 2.37. The van der Waals surface area contributed by atoms with E-state index in [1.165, 1.54) is 0 Å². The van der Waals surface area contributed by atoms with Crippen LogP contribution in [0.2, 0.25) is 0 Å². The van der Waals surface area contributed by atoms with Crippen molar-refractivity contribution in [2.75, 3.05) is 26.3 Å². The number of ether oxygens (including phenoxy) is 2. The molecule has 0 spiro atoms. The number of rotatable bonds is 2.